The van der Waals surface area contributed by atoms with Crippen molar-refractivity contribution < 1.29 is 14.3 Å². The van der Waals surface area contributed by atoms with E-state index in [4.69, 9.17) is 15.9 Å². The van der Waals surface area contributed by atoms with Crippen molar-refractivity contribution in [1.82, 2.24) is 5.32 Å². The number of carbonyl (C=O) groups excluding carboxylic acids is 1. The standard InChI is InChI=1S/C17H21NO3/c1-4-11-18-17(16(19)21-5-2)10-6-7-13-8-9-14(20-3)12-15(13)17/h1,8-9,12,18H,5-7,10-11H2,2-3H3. The minimum absolute atomic E-state index is 0.269. The van der Waals surface area contributed by atoms with Crippen LogP contribution in [0.3, 0.4) is 0 Å². The minimum Gasteiger partial charge on any atom is -0.497 e. The van der Waals surface area contributed by atoms with Crippen molar-refractivity contribution >= 4 is 5.97 Å². The van der Waals surface area contributed by atoms with E-state index < -0.39 is 5.54 Å². The number of ether oxygens (including phenoxy) is 2. The first kappa shape index (κ1) is 15.4. The fourth-order valence-electron chi connectivity index (χ4n) is 2.90. The minimum atomic E-state index is -0.871. The van der Waals surface area contributed by atoms with Crippen LogP contribution in [0.15, 0.2) is 18.2 Å². The number of hydrogen-bond donors (Lipinski definition) is 1. The Morgan fingerprint density at radius 2 is 2.33 bits per heavy atom. The summed E-state index contributed by atoms with van der Waals surface area (Å²) in [6.07, 6.45) is 7.89. The van der Waals surface area contributed by atoms with Gasteiger partial charge in [0.05, 0.1) is 20.3 Å². The second-order valence-corrected chi connectivity index (χ2v) is 5.06. The predicted molar refractivity (Wildman–Crippen MR) is 81.1 cm³/mol. The highest BCUT2D eigenvalue weighted by Crippen LogP contribution is 2.38. The van der Waals surface area contributed by atoms with E-state index in [0.717, 1.165) is 29.7 Å². The summed E-state index contributed by atoms with van der Waals surface area (Å²) in [5, 5.41) is 3.21. The van der Waals surface area contributed by atoms with Crippen LogP contribution < -0.4 is 10.1 Å². The van der Waals surface area contributed by atoms with Crippen molar-refractivity contribution in [2.75, 3.05) is 20.3 Å². The maximum atomic E-state index is 12.6. The van der Waals surface area contributed by atoms with Crippen LogP contribution in [0, 0.1) is 12.3 Å². The molecule has 21 heavy (non-hydrogen) atoms. The van der Waals surface area contributed by atoms with Crippen molar-refractivity contribution in [1.29, 1.82) is 0 Å². The zero-order valence-electron chi connectivity index (χ0n) is 12.6. The molecule has 4 heteroatoms. The van der Waals surface area contributed by atoms with E-state index in [2.05, 4.69) is 11.2 Å². The molecule has 0 radical (unpaired) electrons. The van der Waals surface area contributed by atoms with Crippen LogP contribution in [0.2, 0.25) is 0 Å². The third-order valence-corrected chi connectivity index (χ3v) is 3.89. The van der Waals surface area contributed by atoms with Gasteiger partial charge in [-0.15, -0.1) is 6.42 Å². The Morgan fingerprint density at radius 1 is 1.52 bits per heavy atom. The molecule has 0 amide bonds. The number of methoxy groups -OCH3 is 1. The molecule has 1 unspecified atom stereocenters. The average Bonchev–Trinajstić information content (AvgIpc) is 2.52. The topological polar surface area (TPSA) is 47.6 Å². The van der Waals surface area contributed by atoms with Crippen LogP contribution in [-0.2, 0) is 21.5 Å². The molecule has 0 saturated carbocycles. The number of nitrogens with one attached hydrogen (secondary N) is 1. The van der Waals surface area contributed by atoms with Crippen molar-refractivity contribution in [2.45, 2.75) is 31.7 Å². The van der Waals surface area contributed by atoms with Crippen molar-refractivity contribution in [3.63, 3.8) is 0 Å². The third kappa shape index (κ3) is 2.88. The molecule has 1 aromatic carbocycles. The number of esters is 1. The second kappa shape index (κ2) is 6.64. The highest BCUT2D eigenvalue weighted by Gasteiger charge is 2.44. The first-order valence-electron chi connectivity index (χ1n) is 7.21. The van der Waals surface area contributed by atoms with Gasteiger partial charge >= 0.3 is 5.97 Å². The Morgan fingerprint density at radius 3 is 3.00 bits per heavy atom. The van der Waals surface area contributed by atoms with E-state index in [0.29, 0.717) is 19.6 Å². The lowest BCUT2D eigenvalue weighted by molar-refractivity contribution is -0.152. The number of fused-ring (bicyclic) bond motifs is 1. The summed E-state index contributed by atoms with van der Waals surface area (Å²) in [6, 6.07) is 5.84. The number of terminal acetylenes is 1. The molecule has 1 aliphatic carbocycles. The molecule has 0 saturated heterocycles. The average molecular weight is 287 g/mol. The third-order valence-electron chi connectivity index (χ3n) is 3.89. The molecule has 1 aromatic rings. The summed E-state index contributed by atoms with van der Waals surface area (Å²) in [7, 11) is 1.62. The van der Waals surface area contributed by atoms with Crippen LogP contribution in [0.1, 0.15) is 30.9 Å². The molecule has 1 aliphatic rings. The summed E-state index contributed by atoms with van der Waals surface area (Å²) in [6.45, 7) is 2.47. The van der Waals surface area contributed by atoms with E-state index in [-0.39, 0.29) is 5.97 Å². The fraction of sp³-hybridized carbons (Fsp3) is 0.471. The second-order valence-electron chi connectivity index (χ2n) is 5.06. The van der Waals surface area contributed by atoms with Crippen LogP contribution in [-0.4, -0.2) is 26.2 Å². The first-order valence-corrected chi connectivity index (χ1v) is 7.21. The van der Waals surface area contributed by atoms with Gasteiger partial charge in [-0.25, -0.2) is 4.79 Å². The van der Waals surface area contributed by atoms with Gasteiger partial charge in [0.25, 0.3) is 0 Å². The lowest BCUT2D eigenvalue weighted by Gasteiger charge is -2.37. The molecule has 0 spiro atoms. The summed E-state index contributed by atoms with van der Waals surface area (Å²) >= 11 is 0. The predicted octanol–water partition coefficient (Wildman–Crippen LogP) is 2.01. The van der Waals surface area contributed by atoms with Gasteiger partial charge in [0, 0.05) is 0 Å². The van der Waals surface area contributed by atoms with Gasteiger partial charge in [0.15, 0.2) is 0 Å². The zero-order valence-corrected chi connectivity index (χ0v) is 12.6. The van der Waals surface area contributed by atoms with Gasteiger partial charge in [0.2, 0.25) is 0 Å². The largest absolute Gasteiger partial charge is 0.497 e. The van der Waals surface area contributed by atoms with Crippen molar-refractivity contribution in [2.24, 2.45) is 0 Å². The fourth-order valence-corrected chi connectivity index (χ4v) is 2.90. The molecule has 1 N–H and O–H groups in total. The maximum Gasteiger partial charge on any atom is 0.331 e. The maximum absolute atomic E-state index is 12.6. The van der Waals surface area contributed by atoms with Gasteiger partial charge in [0.1, 0.15) is 11.3 Å². The van der Waals surface area contributed by atoms with Crippen LogP contribution in [0.4, 0.5) is 0 Å². The Bertz CT molecular complexity index is 562. The van der Waals surface area contributed by atoms with Crippen LogP contribution >= 0.6 is 0 Å². The van der Waals surface area contributed by atoms with Gasteiger partial charge in [-0.05, 0) is 49.4 Å². The monoisotopic (exact) mass is 287 g/mol. The van der Waals surface area contributed by atoms with Gasteiger partial charge in [-0.2, -0.15) is 0 Å². The molecule has 0 heterocycles. The highest BCUT2D eigenvalue weighted by molar-refractivity contribution is 5.84. The zero-order chi connectivity index (χ0) is 15.3. The van der Waals surface area contributed by atoms with E-state index in [1.165, 1.54) is 0 Å². The lowest BCUT2D eigenvalue weighted by Crippen LogP contribution is -2.52. The van der Waals surface area contributed by atoms with Crippen LogP contribution in [0.5, 0.6) is 5.75 Å². The van der Waals surface area contributed by atoms with Crippen LogP contribution in [0.25, 0.3) is 0 Å². The van der Waals surface area contributed by atoms with Gasteiger partial charge < -0.3 is 9.47 Å². The quantitative estimate of drug-likeness (QED) is 0.665. The Hall–Kier alpha value is -1.99. The number of rotatable bonds is 5. The Labute approximate surface area is 125 Å². The van der Waals surface area contributed by atoms with Crippen molar-refractivity contribution in [3.05, 3.63) is 29.3 Å². The number of aryl methyl sites for hydroxylation is 1. The molecule has 4 nitrogen and oxygen atoms in total. The van der Waals surface area contributed by atoms with E-state index in [1.807, 2.05) is 25.1 Å². The summed E-state index contributed by atoms with van der Waals surface area (Å²) < 4.78 is 10.6. The van der Waals surface area contributed by atoms with E-state index in [1.54, 1.807) is 7.11 Å². The van der Waals surface area contributed by atoms with Crippen molar-refractivity contribution in [3.8, 4) is 18.1 Å². The molecule has 2 rings (SSSR count). The molecule has 112 valence electrons. The van der Waals surface area contributed by atoms with E-state index >= 15 is 0 Å². The van der Waals surface area contributed by atoms with Gasteiger partial charge in [-0.1, -0.05) is 12.0 Å². The van der Waals surface area contributed by atoms with Gasteiger partial charge in [-0.3, -0.25) is 5.32 Å². The molecule has 1 atom stereocenters. The summed E-state index contributed by atoms with van der Waals surface area (Å²) in [5.41, 5.74) is 1.19. The number of hydrogen-bond acceptors (Lipinski definition) is 4. The number of carbonyl (C=O) groups is 1. The summed E-state index contributed by atoms with van der Waals surface area (Å²) in [4.78, 5) is 12.6. The highest BCUT2D eigenvalue weighted by atomic mass is 16.5. The normalized spacial score (nSPS) is 20.2. The summed E-state index contributed by atoms with van der Waals surface area (Å²) in [5.74, 6) is 3.01. The molecule has 0 aliphatic heterocycles. The first-order chi connectivity index (χ1) is 10.2. The van der Waals surface area contributed by atoms with E-state index in [9.17, 15) is 4.79 Å². The molecule has 0 bridgehead atoms. The lowest BCUT2D eigenvalue weighted by atomic mass is 9.76. The molecule has 0 aromatic heterocycles. The molecular weight excluding hydrogens is 266 g/mol. The number of benzene rings is 1. The Kier molecular flexibility index (Phi) is 4.87. The molecular formula is C17H21NO3. The smallest absolute Gasteiger partial charge is 0.331 e. The Balaban J connectivity index is 2.51. The molecule has 0 fully saturated rings. The SMILES string of the molecule is C#CCNC1(C(=O)OCC)CCCc2ccc(OC)cc21.